The van der Waals surface area contributed by atoms with Gasteiger partial charge in [-0.3, -0.25) is 9.59 Å². The van der Waals surface area contributed by atoms with E-state index in [4.69, 9.17) is 40.5 Å². The van der Waals surface area contributed by atoms with Crippen LogP contribution in [0.25, 0.3) is 0 Å². The van der Waals surface area contributed by atoms with Gasteiger partial charge in [-0.25, -0.2) is 0 Å². The monoisotopic (exact) mass is 565 g/mol. The molecule has 0 aromatic heterocycles. The van der Waals surface area contributed by atoms with Crippen molar-refractivity contribution in [2.75, 3.05) is 42.9 Å². The van der Waals surface area contributed by atoms with Crippen LogP contribution in [-0.2, 0) is 9.59 Å². The van der Waals surface area contributed by atoms with Gasteiger partial charge in [0.2, 0.25) is 11.8 Å². The fourth-order valence-electron chi connectivity index (χ4n) is 5.15. The zero-order valence-electron chi connectivity index (χ0n) is 21.0. The van der Waals surface area contributed by atoms with Crippen LogP contribution in [0.4, 0.5) is 11.4 Å². The summed E-state index contributed by atoms with van der Waals surface area (Å²) in [7, 11) is 0. The standard InChI is InChI=1S/C27H34Cl3N5O2/c1-17(22-4-2-19(28)14-24(22)30)33-25-15-21(3-5-23(25)29)34-11-7-18(8-12-34)27(37)35-13-9-20(16-35)32-10-6-26(31)36/h2-5,14-15,17-18,20,32-33H,6-13,16H2,1H3,(H2,31,36)/t17-,20?/m1/s1. The third kappa shape index (κ3) is 7.23. The number of benzene rings is 2. The average molecular weight is 567 g/mol. The smallest absolute Gasteiger partial charge is 0.225 e. The van der Waals surface area contributed by atoms with Gasteiger partial charge < -0.3 is 26.2 Å². The molecule has 2 atom stereocenters. The lowest BCUT2D eigenvalue weighted by Crippen LogP contribution is -2.43. The third-order valence-electron chi connectivity index (χ3n) is 7.26. The fraction of sp³-hybridized carbons (Fsp3) is 0.481. The Morgan fingerprint density at radius 3 is 2.49 bits per heavy atom. The highest BCUT2D eigenvalue weighted by atomic mass is 35.5. The second kappa shape index (κ2) is 12.6. The first-order valence-electron chi connectivity index (χ1n) is 12.8. The second-order valence-corrected chi connectivity index (χ2v) is 11.1. The first-order chi connectivity index (χ1) is 17.7. The van der Waals surface area contributed by atoms with E-state index in [1.54, 1.807) is 6.07 Å². The summed E-state index contributed by atoms with van der Waals surface area (Å²) in [6, 6.07) is 11.6. The largest absolute Gasteiger partial charge is 0.377 e. The minimum absolute atomic E-state index is 0.0394. The van der Waals surface area contributed by atoms with Crippen molar-refractivity contribution in [1.82, 2.24) is 10.2 Å². The van der Waals surface area contributed by atoms with E-state index in [0.717, 1.165) is 55.8 Å². The minimum atomic E-state index is -0.311. The Bertz CT molecular complexity index is 1120. The average Bonchev–Trinajstić information content (AvgIpc) is 3.33. The van der Waals surface area contributed by atoms with Gasteiger partial charge in [-0.2, -0.15) is 0 Å². The first-order valence-corrected chi connectivity index (χ1v) is 13.9. The van der Waals surface area contributed by atoms with E-state index in [1.165, 1.54) is 0 Å². The van der Waals surface area contributed by atoms with Crippen LogP contribution < -0.4 is 21.3 Å². The molecule has 2 fully saturated rings. The minimum Gasteiger partial charge on any atom is -0.377 e. The van der Waals surface area contributed by atoms with Crippen LogP contribution in [0, 0.1) is 5.92 Å². The number of anilines is 2. The number of nitrogens with one attached hydrogen (secondary N) is 2. The molecule has 0 bridgehead atoms. The van der Waals surface area contributed by atoms with Crippen molar-refractivity contribution < 1.29 is 9.59 Å². The molecule has 2 aromatic rings. The van der Waals surface area contributed by atoms with Crippen LogP contribution in [0.5, 0.6) is 0 Å². The molecule has 2 amide bonds. The van der Waals surface area contributed by atoms with Gasteiger partial charge in [-0.1, -0.05) is 40.9 Å². The predicted molar refractivity (Wildman–Crippen MR) is 152 cm³/mol. The molecule has 0 radical (unpaired) electrons. The molecule has 10 heteroatoms. The molecule has 0 saturated carbocycles. The quantitative estimate of drug-likeness (QED) is 0.393. The van der Waals surface area contributed by atoms with E-state index < -0.39 is 0 Å². The van der Waals surface area contributed by atoms with Gasteiger partial charge in [0.1, 0.15) is 0 Å². The van der Waals surface area contributed by atoms with Crippen LogP contribution in [0.2, 0.25) is 15.1 Å². The number of nitrogens with two attached hydrogens (primary N) is 1. The summed E-state index contributed by atoms with van der Waals surface area (Å²) in [6.07, 6.45) is 2.86. The van der Waals surface area contributed by atoms with Gasteiger partial charge in [0.05, 0.1) is 16.8 Å². The number of rotatable bonds is 9. The molecule has 2 aliphatic heterocycles. The van der Waals surface area contributed by atoms with Gasteiger partial charge >= 0.3 is 0 Å². The SMILES string of the molecule is C[C@@H](Nc1cc(N2CCC(C(=O)N3CCC(NCCC(N)=O)C3)CC2)ccc1Cl)c1ccc(Cl)cc1Cl. The molecular formula is C27H34Cl3N5O2. The number of likely N-dealkylation sites (tertiary alicyclic amines) is 1. The summed E-state index contributed by atoms with van der Waals surface area (Å²) in [5.74, 6) is -0.0298. The molecule has 2 heterocycles. The highest BCUT2D eigenvalue weighted by Crippen LogP contribution is 2.34. The van der Waals surface area contributed by atoms with Crippen LogP contribution in [0.15, 0.2) is 36.4 Å². The first kappa shape index (κ1) is 27.8. The molecule has 37 heavy (non-hydrogen) atoms. The Morgan fingerprint density at radius 1 is 1.03 bits per heavy atom. The number of amides is 2. The van der Waals surface area contributed by atoms with Crippen molar-refractivity contribution in [3.63, 3.8) is 0 Å². The second-order valence-electron chi connectivity index (χ2n) is 9.90. The number of hydrogen-bond acceptors (Lipinski definition) is 5. The van der Waals surface area contributed by atoms with Crippen molar-refractivity contribution in [3.8, 4) is 0 Å². The van der Waals surface area contributed by atoms with Crippen molar-refractivity contribution >= 4 is 58.0 Å². The van der Waals surface area contributed by atoms with Crippen LogP contribution in [0.3, 0.4) is 0 Å². The lowest BCUT2D eigenvalue weighted by molar-refractivity contribution is -0.135. The summed E-state index contributed by atoms with van der Waals surface area (Å²) in [5.41, 5.74) is 8.06. The Hall–Kier alpha value is -2.19. The van der Waals surface area contributed by atoms with Gasteiger partial charge in [0, 0.05) is 66.8 Å². The zero-order valence-corrected chi connectivity index (χ0v) is 23.3. The Morgan fingerprint density at radius 2 is 1.78 bits per heavy atom. The number of carbonyl (C=O) groups excluding carboxylic acids is 2. The van der Waals surface area contributed by atoms with E-state index in [-0.39, 0.29) is 29.8 Å². The Labute approximate surface area is 233 Å². The van der Waals surface area contributed by atoms with E-state index in [0.29, 0.717) is 34.6 Å². The van der Waals surface area contributed by atoms with E-state index in [9.17, 15) is 9.59 Å². The Kier molecular flexibility index (Phi) is 9.46. The summed E-state index contributed by atoms with van der Waals surface area (Å²) < 4.78 is 0. The summed E-state index contributed by atoms with van der Waals surface area (Å²) in [4.78, 5) is 28.3. The number of carbonyl (C=O) groups is 2. The highest BCUT2D eigenvalue weighted by Gasteiger charge is 2.33. The number of primary amides is 1. The van der Waals surface area contributed by atoms with Crippen LogP contribution >= 0.6 is 34.8 Å². The number of halogens is 3. The van der Waals surface area contributed by atoms with E-state index in [2.05, 4.69) is 21.6 Å². The maximum absolute atomic E-state index is 13.1. The molecule has 4 rings (SSSR count). The molecule has 200 valence electrons. The lowest BCUT2D eigenvalue weighted by atomic mass is 9.95. The van der Waals surface area contributed by atoms with Crippen molar-refractivity contribution in [3.05, 3.63) is 57.0 Å². The van der Waals surface area contributed by atoms with E-state index >= 15 is 0 Å². The molecule has 1 unspecified atom stereocenters. The molecule has 2 aliphatic rings. The van der Waals surface area contributed by atoms with Gasteiger partial charge in [-0.05, 0) is 62.1 Å². The summed E-state index contributed by atoms with van der Waals surface area (Å²) >= 11 is 19.0. The fourth-order valence-corrected chi connectivity index (χ4v) is 5.90. The molecule has 7 nitrogen and oxygen atoms in total. The van der Waals surface area contributed by atoms with E-state index in [1.807, 2.05) is 36.1 Å². The molecule has 2 saturated heterocycles. The zero-order chi connectivity index (χ0) is 26.5. The van der Waals surface area contributed by atoms with Crippen LogP contribution in [-0.4, -0.2) is 55.5 Å². The predicted octanol–water partition coefficient (Wildman–Crippen LogP) is 5.10. The van der Waals surface area contributed by atoms with Crippen molar-refractivity contribution in [2.45, 2.75) is 44.7 Å². The van der Waals surface area contributed by atoms with Gasteiger partial charge in [0.15, 0.2) is 0 Å². The molecule has 4 N–H and O–H groups in total. The summed E-state index contributed by atoms with van der Waals surface area (Å²) in [6.45, 7) is 5.67. The topological polar surface area (TPSA) is 90.7 Å². The normalized spacial score (nSPS) is 19.2. The molecule has 0 spiro atoms. The van der Waals surface area contributed by atoms with Crippen molar-refractivity contribution in [2.24, 2.45) is 11.7 Å². The maximum Gasteiger partial charge on any atom is 0.225 e. The molecular weight excluding hydrogens is 533 g/mol. The maximum atomic E-state index is 13.1. The lowest BCUT2D eigenvalue weighted by Gasteiger charge is -2.35. The van der Waals surface area contributed by atoms with Crippen LogP contribution in [0.1, 0.15) is 44.2 Å². The third-order valence-corrected chi connectivity index (χ3v) is 8.16. The van der Waals surface area contributed by atoms with Gasteiger partial charge in [0.25, 0.3) is 0 Å². The van der Waals surface area contributed by atoms with Crippen molar-refractivity contribution in [1.29, 1.82) is 0 Å². The number of nitrogens with zero attached hydrogens (tertiary/aromatic N) is 2. The van der Waals surface area contributed by atoms with Gasteiger partial charge in [-0.15, -0.1) is 0 Å². The Balaban J connectivity index is 1.31. The molecule has 2 aromatic carbocycles. The highest BCUT2D eigenvalue weighted by molar-refractivity contribution is 6.35. The number of piperidine rings is 1. The number of hydrogen-bond donors (Lipinski definition) is 3. The molecule has 0 aliphatic carbocycles. The summed E-state index contributed by atoms with van der Waals surface area (Å²) in [5, 5.41) is 8.66.